The molecular formula is C3H6N3O. The number of nitrogens with one attached hydrogen (secondary N) is 3. The van der Waals surface area contributed by atoms with Crippen molar-refractivity contribution in [2.45, 2.75) is 6.92 Å². The fraction of sp³-hybridized carbons (Fsp3) is 0.333. The van der Waals surface area contributed by atoms with Crippen molar-refractivity contribution in [2.24, 2.45) is 0 Å². The molecular weight excluding hydrogens is 94.1 g/mol. The Bertz CT molecular complexity index is 86.4. The van der Waals surface area contributed by atoms with Gasteiger partial charge in [0.25, 0.3) is 0 Å². The molecule has 0 bridgehead atoms. The van der Waals surface area contributed by atoms with Crippen molar-refractivity contribution in [1.82, 2.24) is 11.1 Å². The van der Waals surface area contributed by atoms with Crippen molar-refractivity contribution in [3.05, 3.63) is 0 Å². The molecule has 39 valence electrons. The predicted octanol–water partition coefficient (Wildman–Crippen LogP) is -0.660. The van der Waals surface area contributed by atoms with Crippen LogP contribution in [0.4, 0.5) is 0 Å². The Labute approximate surface area is 41.2 Å². The first kappa shape index (κ1) is 5.94. The van der Waals surface area contributed by atoms with Gasteiger partial charge >= 0.3 is 0 Å². The van der Waals surface area contributed by atoms with E-state index in [0.29, 0.717) is 0 Å². The summed E-state index contributed by atoms with van der Waals surface area (Å²) in [6, 6.07) is 0. The number of hydrogen-bond acceptors (Lipinski definition) is 2. The minimum absolute atomic E-state index is 0.375. The van der Waals surface area contributed by atoms with E-state index in [2.05, 4.69) is 0 Å². The first-order valence-electron chi connectivity index (χ1n) is 1.70. The first-order valence-corrected chi connectivity index (χ1v) is 1.70. The molecule has 0 spiro atoms. The third-order valence-electron chi connectivity index (χ3n) is 0.301. The zero-order chi connectivity index (χ0) is 5.86. The summed E-state index contributed by atoms with van der Waals surface area (Å²) in [5.41, 5.74) is 6.36. The zero-order valence-electron chi connectivity index (χ0n) is 3.91. The Morgan fingerprint density at radius 1 is 1.71 bits per heavy atom. The van der Waals surface area contributed by atoms with E-state index in [1.165, 1.54) is 6.92 Å². The second-order valence-electron chi connectivity index (χ2n) is 1.06. The van der Waals surface area contributed by atoms with Crippen molar-refractivity contribution >= 4 is 11.9 Å². The molecule has 1 amide bonds. The highest BCUT2D eigenvalue weighted by Gasteiger charge is 1.88. The molecule has 0 aliphatic carbocycles. The Morgan fingerprint density at radius 2 is 2.14 bits per heavy atom. The van der Waals surface area contributed by atoms with E-state index >= 15 is 0 Å². The lowest BCUT2D eigenvalue weighted by molar-refractivity contribution is -0.117. The molecule has 0 saturated heterocycles. The molecule has 0 saturated carbocycles. The molecule has 0 aliphatic rings. The standard InChI is InChI=1S/C3H6N3O/c1-2(7)6-3(4)5/h4H,1H3,(H2,5,6,7). The number of hydrogen-bond donors (Lipinski definition) is 2. The summed E-state index contributed by atoms with van der Waals surface area (Å²) < 4.78 is 0. The topological polar surface area (TPSA) is 76.8 Å². The van der Waals surface area contributed by atoms with Crippen LogP contribution in [0.15, 0.2) is 0 Å². The summed E-state index contributed by atoms with van der Waals surface area (Å²) >= 11 is 0. The van der Waals surface area contributed by atoms with Crippen LogP contribution in [0.1, 0.15) is 6.92 Å². The van der Waals surface area contributed by atoms with Gasteiger partial charge < -0.3 is 0 Å². The van der Waals surface area contributed by atoms with Crippen LogP contribution >= 0.6 is 0 Å². The molecule has 4 heteroatoms. The molecule has 7 heavy (non-hydrogen) atoms. The Kier molecular flexibility index (Phi) is 1.84. The number of carbonyl (C=O) groups is 1. The molecule has 0 rings (SSSR count). The summed E-state index contributed by atoms with van der Waals surface area (Å²) in [7, 11) is 0. The van der Waals surface area contributed by atoms with Crippen LogP contribution in [0.2, 0.25) is 0 Å². The van der Waals surface area contributed by atoms with E-state index in [0.717, 1.165) is 0 Å². The molecule has 0 fully saturated rings. The first-order chi connectivity index (χ1) is 3.13. The van der Waals surface area contributed by atoms with E-state index in [1.807, 2.05) is 5.32 Å². The molecule has 0 heterocycles. The van der Waals surface area contributed by atoms with Crippen LogP contribution < -0.4 is 11.1 Å². The quantitative estimate of drug-likeness (QED) is 0.307. The lowest BCUT2D eigenvalue weighted by Gasteiger charge is -1.90. The maximum Gasteiger partial charge on any atom is 0.223 e. The highest BCUT2D eigenvalue weighted by Crippen LogP contribution is 1.55. The molecule has 3 N–H and O–H groups in total. The van der Waals surface area contributed by atoms with Crippen LogP contribution in [0.5, 0.6) is 0 Å². The van der Waals surface area contributed by atoms with E-state index in [9.17, 15) is 4.79 Å². The van der Waals surface area contributed by atoms with Gasteiger partial charge in [-0.2, -0.15) is 0 Å². The normalized spacial score (nSPS) is 7.57. The van der Waals surface area contributed by atoms with Crippen molar-refractivity contribution in [2.75, 3.05) is 0 Å². The summed E-state index contributed by atoms with van der Waals surface area (Å²) in [6.07, 6.45) is 0. The van der Waals surface area contributed by atoms with Gasteiger partial charge in [-0.15, -0.1) is 0 Å². The summed E-state index contributed by atoms with van der Waals surface area (Å²) in [5.74, 6) is -0.937. The van der Waals surface area contributed by atoms with Crippen molar-refractivity contribution in [3.63, 3.8) is 0 Å². The van der Waals surface area contributed by atoms with E-state index < -0.39 is 5.96 Å². The van der Waals surface area contributed by atoms with Gasteiger partial charge in [-0.25, -0.2) is 0 Å². The largest absolute Gasteiger partial charge is 0.296 e. The number of rotatable bonds is 0. The highest BCUT2D eigenvalue weighted by atomic mass is 16.1. The van der Waals surface area contributed by atoms with Crippen LogP contribution in [0.25, 0.3) is 0 Å². The van der Waals surface area contributed by atoms with Gasteiger partial charge in [0.1, 0.15) is 0 Å². The van der Waals surface area contributed by atoms with E-state index in [1.54, 1.807) is 0 Å². The number of guanidine groups is 1. The van der Waals surface area contributed by atoms with Crippen molar-refractivity contribution < 1.29 is 4.79 Å². The highest BCUT2D eigenvalue weighted by molar-refractivity contribution is 5.92. The third kappa shape index (κ3) is 4.94. The van der Waals surface area contributed by atoms with Crippen LogP contribution in [-0.2, 0) is 4.79 Å². The third-order valence-corrected chi connectivity index (χ3v) is 0.301. The average Bonchev–Trinajstić information content (AvgIpc) is 1.27. The maximum absolute atomic E-state index is 9.88. The SMILES string of the molecule is CC(=O)NC([NH])=N. The fourth-order valence-corrected chi connectivity index (χ4v) is 0.176. The molecule has 0 atom stereocenters. The second kappa shape index (κ2) is 2.17. The van der Waals surface area contributed by atoms with Crippen LogP contribution in [0, 0.1) is 5.41 Å². The Hall–Kier alpha value is -1.06. The Morgan fingerprint density at radius 3 is 2.14 bits per heavy atom. The van der Waals surface area contributed by atoms with Gasteiger partial charge in [0.05, 0.1) is 0 Å². The summed E-state index contributed by atoms with van der Waals surface area (Å²) in [5, 5.41) is 8.28. The smallest absolute Gasteiger partial charge is 0.223 e. The fourth-order valence-electron chi connectivity index (χ4n) is 0.176. The minimum atomic E-state index is -0.562. The summed E-state index contributed by atoms with van der Waals surface area (Å²) in [4.78, 5) is 9.88. The number of carbonyl (C=O) groups excluding carboxylic acids is 1. The summed E-state index contributed by atoms with van der Waals surface area (Å²) in [6.45, 7) is 1.25. The van der Waals surface area contributed by atoms with Crippen LogP contribution in [-0.4, -0.2) is 11.9 Å². The minimum Gasteiger partial charge on any atom is -0.296 e. The second-order valence-corrected chi connectivity index (χ2v) is 1.06. The zero-order valence-corrected chi connectivity index (χ0v) is 3.91. The van der Waals surface area contributed by atoms with E-state index in [4.69, 9.17) is 11.1 Å². The molecule has 1 radical (unpaired) electrons. The van der Waals surface area contributed by atoms with Gasteiger partial charge in [-0.1, -0.05) is 0 Å². The van der Waals surface area contributed by atoms with E-state index in [-0.39, 0.29) is 5.91 Å². The average molecular weight is 100 g/mol. The van der Waals surface area contributed by atoms with Crippen molar-refractivity contribution in [3.8, 4) is 0 Å². The molecule has 0 aromatic carbocycles. The maximum atomic E-state index is 9.88. The van der Waals surface area contributed by atoms with Crippen molar-refractivity contribution in [1.29, 1.82) is 5.41 Å². The lowest BCUT2D eigenvalue weighted by atomic mass is 10.7. The molecule has 0 unspecified atom stereocenters. The van der Waals surface area contributed by atoms with Crippen LogP contribution in [0.3, 0.4) is 0 Å². The lowest BCUT2D eigenvalue weighted by Crippen LogP contribution is -2.27. The van der Waals surface area contributed by atoms with Gasteiger partial charge in [-0.05, 0) is 0 Å². The molecule has 4 nitrogen and oxygen atoms in total. The molecule has 0 aromatic heterocycles. The number of amides is 1. The van der Waals surface area contributed by atoms with Gasteiger partial charge in [-0.3, -0.25) is 21.3 Å². The molecule has 0 aliphatic heterocycles. The van der Waals surface area contributed by atoms with Gasteiger partial charge in [0, 0.05) is 6.92 Å². The predicted molar refractivity (Wildman–Crippen MR) is 24.6 cm³/mol. The Balaban J connectivity index is 3.32. The van der Waals surface area contributed by atoms with Gasteiger partial charge in [0.2, 0.25) is 11.9 Å². The molecule has 0 aromatic rings. The van der Waals surface area contributed by atoms with Gasteiger partial charge in [0.15, 0.2) is 0 Å². The monoisotopic (exact) mass is 100 g/mol.